The number of thiocarbonyl (C=S) groups is 1. The number of anilines is 1. The van der Waals surface area contributed by atoms with Gasteiger partial charge in [-0.15, -0.1) is 0 Å². The minimum absolute atomic E-state index is 0.332. The van der Waals surface area contributed by atoms with Crippen LogP contribution in [0.25, 0.3) is 0 Å². The highest BCUT2D eigenvalue weighted by atomic mass is 35.5. The molecule has 2 rings (SSSR count). The van der Waals surface area contributed by atoms with Gasteiger partial charge in [-0.2, -0.15) is 0 Å². The van der Waals surface area contributed by atoms with Crippen LogP contribution in [0.5, 0.6) is 0 Å². The first-order valence-electron chi connectivity index (χ1n) is 6.08. The first-order valence-corrected chi connectivity index (χ1v) is 6.86. The van der Waals surface area contributed by atoms with Crippen molar-refractivity contribution in [2.24, 2.45) is 0 Å². The minimum Gasteiger partial charge on any atom is -0.348 e. The van der Waals surface area contributed by atoms with E-state index in [0.717, 1.165) is 5.56 Å². The molecule has 0 unspecified atom stereocenters. The third kappa shape index (κ3) is 3.68. The molecule has 0 saturated carbocycles. The molecule has 0 heterocycles. The third-order valence-electron chi connectivity index (χ3n) is 2.83. The van der Waals surface area contributed by atoms with E-state index in [1.807, 2.05) is 36.2 Å². The van der Waals surface area contributed by atoms with Gasteiger partial charge in [0.1, 0.15) is 5.82 Å². The second-order valence-electron chi connectivity index (χ2n) is 4.36. The molecule has 2 nitrogen and oxygen atoms in total. The predicted molar refractivity (Wildman–Crippen MR) is 85.5 cm³/mol. The zero-order chi connectivity index (χ0) is 14.5. The van der Waals surface area contributed by atoms with Crippen LogP contribution in [0.15, 0.2) is 48.5 Å². The summed E-state index contributed by atoms with van der Waals surface area (Å²) in [5, 5.41) is 4.02. The molecular formula is C15H14ClFN2S. The van der Waals surface area contributed by atoms with Crippen molar-refractivity contribution < 1.29 is 4.39 Å². The SMILES string of the molecule is CN(Cc1ccccc1Cl)C(=S)Nc1ccccc1F. The van der Waals surface area contributed by atoms with Crippen molar-refractivity contribution in [3.8, 4) is 0 Å². The topological polar surface area (TPSA) is 15.3 Å². The first kappa shape index (κ1) is 14.8. The number of nitrogens with zero attached hydrogens (tertiary/aromatic N) is 1. The molecule has 1 N–H and O–H groups in total. The Bertz CT molecular complexity index is 618. The summed E-state index contributed by atoms with van der Waals surface area (Å²) < 4.78 is 13.5. The van der Waals surface area contributed by atoms with Crippen LogP contribution in [-0.2, 0) is 6.54 Å². The summed E-state index contributed by atoms with van der Waals surface area (Å²) in [5.74, 6) is -0.332. The number of hydrogen-bond donors (Lipinski definition) is 1. The smallest absolute Gasteiger partial charge is 0.173 e. The van der Waals surface area contributed by atoms with E-state index in [0.29, 0.717) is 22.4 Å². The van der Waals surface area contributed by atoms with E-state index in [-0.39, 0.29) is 5.82 Å². The maximum Gasteiger partial charge on any atom is 0.173 e. The van der Waals surface area contributed by atoms with Gasteiger partial charge in [0.2, 0.25) is 0 Å². The van der Waals surface area contributed by atoms with E-state index in [9.17, 15) is 4.39 Å². The maximum atomic E-state index is 13.5. The normalized spacial score (nSPS) is 10.2. The third-order valence-corrected chi connectivity index (χ3v) is 3.61. The van der Waals surface area contributed by atoms with E-state index >= 15 is 0 Å². The Morgan fingerprint density at radius 1 is 1.20 bits per heavy atom. The molecule has 2 aromatic carbocycles. The monoisotopic (exact) mass is 308 g/mol. The summed E-state index contributed by atoms with van der Waals surface area (Å²) in [4.78, 5) is 1.81. The summed E-state index contributed by atoms with van der Waals surface area (Å²) in [6.45, 7) is 0.556. The second-order valence-corrected chi connectivity index (χ2v) is 5.15. The fraction of sp³-hybridized carbons (Fsp3) is 0.133. The van der Waals surface area contributed by atoms with Gasteiger partial charge in [0, 0.05) is 18.6 Å². The summed E-state index contributed by atoms with van der Waals surface area (Å²) in [6.07, 6.45) is 0. The molecule has 0 saturated heterocycles. The molecule has 0 aliphatic heterocycles. The van der Waals surface area contributed by atoms with Crippen LogP contribution >= 0.6 is 23.8 Å². The van der Waals surface area contributed by atoms with Crippen LogP contribution in [0, 0.1) is 5.82 Å². The Balaban J connectivity index is 2.03. The van der Waals surface area contributed by atoms with Crippen LogP contribution in [-0.4, -0.2) is 17.1 Å². The highest BCUT2D eigenvalue weighted by Crippen LogP contribution is 2.18. The molecule has 0 atom stereocenters. The number of halogens is 2. The van der Waals surface area contributed by atoms with Crippen LogP contribution in [0.1, 0.15) is 5.56 Å². The molecule has 0 spiro atoms. The molecule has 104 valence electrons. The van der Waals surface area contributed by atoms with Crippen LogP contribution in [0.3, 0.4) is 0 Å². The maximum absolute atomic E-state index is 13.5. The Labute approximate surface area is 128 Å². The summed E-state index contributed by atoms with van der Waals surface area (Å²) >= 11 is 11.4. The molecule has 2 aromatic rings. The van der Waals surface area contributed by atoms with Gasteiger partial charge in [-0.25, -0.2) is 4.39 Å². The molecule has 0 aliphatic carbocycles. The van der Waals surface area contributed by atoms with Gasteiger partial charge >= 0.3 is 0 Å². The van der Waals surface area contributed by atoms with Crippen LogP contribution < -0.4 is 5.32 Å². The molecule has 0 aliphatic rings. The van der Waals surface area contributed by atoms with E-state index < -0.39 is 0 Å². The fourth-order valence-corrected chi connectivity index (χ4v) is 2.10. The van der Waals surface area contributed by atoms with Crippen molar-refractivity contribution in [1.82, 2.24) is 4.90 Å². The Morgan fingerprint density at radius 3 is 2.55 bits per heavy atom. The van der Waals surface area contributed by atoms with E-state index in [1.54, 1.807) is 18.2 Å². The van der Waals surface area contributed by atoms with Crippen molar-refractivity contribution in [2.45, 2.75) is 6.54 Å². The van der Waals surface area contributed by atoms with Crippen molar-refractivity contribution >= 4 is 34.6 Å². The van der Waals surface area contributed by atoms with Gasteiger partial charge in [0.25, 0.3) is 0 Å². The van der Waals surface area contributed by atoms with Gasteiger partial charge < -0.3 is 10.2 Å². The zero-order valence-corrected chi connectivity index (χ0v) is 12.5. The highest BCUT2D eigenvalue weighted by Gasteiger charge is 2.09. The molecule has 0 aromatic heterocycles. The number of rotatable bonds is 3. The van der Waals surface area contributed by atoms with E-state index in [4.69, 9.17) is 23.8 Å². The van der Waals surface area contributed by atoms with Crippen molar-refractivity contribution in [2.75, 3.05) is 12.4 Å². The lowest BCUT2D eigenvalue weighted by atomic mass is 10.2. The van der Waals surface area contributed by atoms with Gasteiger partial charge in [-0.1, -0.05) is 41.9 Å². The van der Waals surface area contributed by atoms with Gasteiger partial charge in [-0.3, -0.25) is 0 Å². The summed E-state index contributed by atoms with van der Waals surface area (Å²) in [6, 6.07) is 14.0. The van der Waals surface area contributed by atoms with Crippen molar-refractivity contribution in [3.05, 3.63) is 64.9 Å². The lowest BCUT2D eigenvalue weighted by molar-refractivity contribution is 0.508. The largest absolute Gasteiger partial charge is 0.348 e. The van der Waals surface area contributed by atoms with Gasteiger partial charge in [0.15, 0.2) is 5.11 Å². The number of hydrogen-bond acceptors (Lipinski definition) is 1. The standard InChI is InChI=1S/C15H14ClFN2S/c1-19(10-11-6-2-3-7-12(11)16)15(20)18-14-9-5-4-8-13(14)17/h2-9H,10H2,1H3,(H,18,20). The molecule has 20 heavy (non-hydrogen) atoms. The summed E-state index contributed by atoms with van der Waals surface area (Å²) in [7, 11) is 1.83. The average Bonchev–Trinajstić information content (AvgIpc) is 2.43. The van der Waals surface area contributed by atoms with Gasteiger partial charge in [-0.05, 0) is 36.0 Å². The highest BCUT2D eigenvalue weighted by molar-refractivity contribution is 7.80. The van der Waals surface area contributed by atoms with Crippen molar-refractivity contribution in [1.29, 1.82) is 0 Å². The molecule has 0 bridgehead atoms. The fourth-order valence-electron chi connectivity index (χ4n) is 1.73. The molecular weight excluding hydrogens is 295 g/mol. The van der Waals surface area contributed by atoms with E-state index in [1.165, 1.54) is 6.07 Å². The Kier molecular flexibility index (Phi) is 4.93. The average molecular weight is 309 g/mol. The number of benzene rings is 2. The lowest BCUT2D eigenvalue weighted by Gasteiger charge is -2.21. The van der Waals surface area contributed by atoms with Crippen LogP contribution in [0.4, 0.5) is 10.1 Å². The van der Waals surface area contributed by atoms with Crippen LogP contribution in [0.2, 0.25) is 5.02 Å². The molecule has 5 heteroatoms. The molecule has 0 radical (unpaired) electrons. The Morgan fingerprint density at radius 2 is 1.85 bits per heavy atom. The first-order chi connectivity index (χ1) is 9.58. The van der Waals surface area contributed by atoms with E-state index in [2.05, 4.69) is 5.32 Å². The number of nitrogens with one attached hydrogen (secondary N) is 1. The van der Waals surface area contributed by atoms with Crippen molar-refractivity contribution in [3.63, 3.8) is 0 Å². The van der Waals surface area contributed by atoms with Gasteiger partial charge in [0.05, 0.1) is 5.69 Å². The Hall–Kier alpha value is -1.65. The molecule has 0 amide bonds. The zero-order valence-electron chi connectivity index (χ0n) is 10.9. The lowest BCUT2D eigenvalue weighted by Crippen LogP contribution is -2.30. The predicted octanol–water partition coefficient (Wildman–Crippen LogP) is 4.31. The quantitative estimate of drug-likeness (QED) is 0.851. The second kappa shape index (κ2) is 6.68. The minimum atomic E-state index is -0.332. The number of para-hydroxylation sites is 1. The summed E-state index contributed by atoms with van der Waals surface area (Å²) in [5.41, 5.74) is 1.33. The molecule has 0 fully saturated rings.